The number of hydrogen-bond donors (Lipinski definition) is 2. The summed E-state index contributed by atoms with van der Waals surface area (Å²) in [5.74, 6) is 0. The van der Waals surface area contributed by atoms with Gasteiger partial charge in [-0.1, -0.05) is 31.2 Å². The van der Waals surface area contributed by atoms with Gasteiger partial charge in [-0.2, -0.15) is 0 Å². The fourth-order valence-electron chi connectivity index (χ4n) is 1.61. The van der Waals surface area contributed by atoms with E-state index in [1.165, 1.54) is 24.4 Å². The normalized spacial score (nSPS) is 11.2. The van der Waals surface area contributed by atoms with Crippen LogP contribution >= 0.6 is 11.8 Å². The summed E-state index contributed by atoms with van der Waals surface area (Å²) < 4.78 is 4.54. The number of nitrogens with one attached hydrogen (secondary N) is 1. The number of alkyl carbamates (subject to hydrolysis) is 1. The summed E-state index contributed by atoms with van der Waals surface area (Å²) in [4.78, 5) is 15.5. The number of unbranched alkanes of at least 4 members (excludes halogenated alkanes) is 1. The molecule has 0 radical (unpaired) electrons. The minimum absolute atomic E-state index is 0.449. The van der Waals surface area contributed by atoms with Crippen molar-refractivity contribution in [1.82, 2.24) is 5.32 Å². The molecule has 1 aromatic rings. The van der Waals surface area contributed by atoms with Crippen LogP contribution in [0.3, 0.4) is 0 Å². The van der Waals surface area contributed by atoms with E-state index < -0.39 is 6.09 Å². The van der Waals surface area contributed by atoms with E-state index in [0.29, 0.717) is 16.5 Å². The van der Waals surface area contributed by atoms with E-state index in [1.54, 1.807) is 0 Å². The molecular formula is C14H21N3O2S. The van der Waals surface area contributed by atoms with Crippen LogP contribution in [0.5, 0.6) is 0 Å². The number of thioether (sulfide) groups is 1. The fraction of sp³-hybridized carbons (Fsp3) is 0.429. The first-order chi connectivity index (χ1) is 9.60. The zero-order valence-electron chi connectivity index (χ0n) is 12.1. The molecule has 6 heteroatoms. The molecule has 0 saturated heterocycles. The molecule has 0 unspecified atom stereocenters. The van der Waals surface area contributed by atoms with Gasteiger partial charge in [-0.25, -0.2) is 9.79 Å². The van der Waals surface area contributed by atoms with Crippen molar-refractivity contribution in [2.75, 3.05) is 19.1 Å². The summed E-state index contributed by atoms with van der Waals surface area (Å²) in [7, 11) is 1.31. The second-order valence-electron chi connectivity index (χ2n) is 4.23. The zero-order chi connectivity index (χ0) is 15.0. The van der Waals surface area contributed by atoms with Crippen LogP contribution in [0.25, 0.3) is 0 Å². The van der Waals surface area contributed by atoms with E-state index in [9.17, 15) is 4.79 Å². The predicted octanol–water partition coefficient (Wildman–Crippen LogP) is 3.32. The highest BCUT2D eigenvalue weighted by atomic mass is 32.2. The number of nitrogen functional groups attached to an aromatic ring is 1. The van der Waals surface area contributed by atoms with E-state index in [1.807, 2.05) is 24.5 Å². The Kier molecular flexibility index (Phi) is 6.93. The first kappa shape index (κ1) is 16.4. The summed E-state index contributed by atoms with van der Waals surface area (Å²) in [5, 5.41) is 2.99. The number of amides is 1. The van der Waals surface area contributed by atoms with E-state index in [2.05, 4.69) is 22.0 Å². The number of aryl methyl sites for hydroxylation is 1. The van der Waals surface area contributed by atoms with Gasteiger partial charge in [-0.3, -0.25) is 5.32 Å². The van der Waals surface area contributed by atoms with Crippen LogP contribution in [-0.4, -0.2) is 24.6 Å². The van der Waals surface area contributed by atoms with Gasteiger partial charge >= 0.3 is 6.09 Å². The molecule has 1 amide bonds. The third-order valence-electron chi connectivity index (χ3n) is 2.72. The topological polar surface area (TPSA) is 76.7 Å². The minimum atomic E-state index is -0.545. The Morgan fingerprint density at radius 2 is 2.25 bits per heavy atom. The van der Waals surface area contributed by atoms with Crippen molar-refractivity contribution in [2.24, 2.45) is 4.99 Å². The smallest absolute Gasteiger partial charge is 0.412 e. The zero-order valence-corrected chi connectivity index (χ0v) is 12.9. The fourth-order valence-corrected chi connectivity index (χ4v) is 1.99. The van der Waals surface area contributed by atoms with Gasteiger partial charge in [0, 0.05) is 0 Å². The molecule has 0 aromatic heterocycles. The standard InChI is InChI=1S/C14H21N3O2S/c1-4-5-6-10-7-8-12(11(15)9-10)16-13(20-3)17-14(18)19-2/h7-9H,4-6,15H2,1-3H3,(H,16,17,18). The number of amidine groups is 1. The van der Waals surface area contributed by atoms with Gasteiger partial charge in [0.2, 0.25) is 0 Å². The second kappa shape index (κ2) is 8.47. The monoisotopic (exact) mass is 295 g/mol. The molecule has 110 valence electrons. The molecule has 0 heterocycles. The Morgan fingerprint density at radius 1 is 1.50 bits per heavy atom. The van der Waals surface area contributed by atoms with Crippen LogP contribution in [0, 0.1) is 0 Å². The molecule has 1 aromatic carbocycles. The Balaban J connectivity index is 2.87. The number of nitrogens with two attached hydrogens (primary N) is 1. The number of aliphatic imine (C=N–C) groups is 1. The molecule has 0 saturated carbocycles. The molecule has 20 heavy (non-hydrogen) atoms. The van der Waals surface area contributed by atoms with Crippen molar-refractivity contribution >= 4 is 34.4 Å². The third-order valence-corrected chi connectivity index (χ3v) is 3.30. The Hall–Kier alpha value is -1.69. The van der Waals surface area contributed by atoms with E-state index >= 15 is 0 Å². The maximum absolute atomic E-state index is 11.2. The van der Waals surface area contributed by atoms with E-state index in [4.69, 9.17) is 5.73 Å². The highest BCUT2D eigenvalue weighted by Crippen LogP contribution is 2.24. The predicted molar refractivity (Wildman–Crippen MR) is 85.6 cm³/mol. The number of anilines is 1. The molecule has 0 aliphatic carbocycles. The lowest BCUT2D eigenvalue weighted by molar-refractivity contribution is 0.177. The van der Waals surface area contributed by atoms with Gasteiger partial charge in [0.15, 0.2) is 5.17 Å². The van der Waals surface area contributed by atoms with E-state index in [-0.39, 0.29) is 0 Å². The highest BCUT2D eigenvalue weighted by molar-refractivity contribution is 8.13. The molecule has 0 atom stereocenters. The van der Waals surface area contributed by atoms with Crippen LogP contribution in [0.2, 0.25) is 0 Å². The van der Waals surface area contributed by atoms with Crippen LogP contribution in [0.4, 0.5) is 16.2 Å². The Morgan fingerprint density at radius 3 is 2.80 bits per heavy atom. The minimum Gasteiger partial charge on any atom is -0.453 e. The summed E-state index contributed by atoms with van der Waals surface area (Å²) in [6.45, 7) is 2.16. The molecule has 1 rings (SSSR count). The van der Waals surface area contributed by atoms with Gasteiger partial charge in [0.1, 0.15) is 0 Å². The van der Waals surface area contributed by atoms with Crippen molar-refractivity contribution in [1.29, 1.82) is 0 Å². The number of benzene rings is 1. The number of ether oxygens (including phenoxy) is 1. The maximum Gasteiger partial charge on any atom is 0.412 e. The summed E-state index contributed by atoms with van der Waals surface area (Å²) in [5.41, 5.74) is 8.46. The number of rotatable bonds is 4. The number of carbonyl (C=O) groups excluding carboxylic acids is 1. The van der Waals surface area contributed by atoms with Gasteiger partial charge in [0.25, 0.3) is 0 Å². The number of carbonyl (C=O) groups is 1. The van der Waals surface area contributed by atoms with E-state index in [0.717, 1.165) is 19.3 Å². The first-order valence-electron chi connectivity index (χ1n) is 6.46. The third kappa shape index (κ3) is 5.13. The molecule has 0 fully saturated rings. The Labute approximate surface area is 124 Å². The van der Waals surface area contributed by atoms with Gasteiger partial charge < -0.3 is 10.5 Å². The van der Waals surface area contributed by atoms with Crippen molar-refractivity contribution in [3.8, 4) is 0 Å². The largest absolute Gasteiger partial charge is 0.453 e. The molecule has 3 N–H and O–H groups in total. The molecule has 0 aliphatic rings. The summed E-state index contributed by atoms with van der Waals surface area (Å²) >= 11 is 1.32. The van der Waals surface area contributed by atoms with Crippen LogP contribution < -0.4 is 11.1 Å². The Bertz CT molecular complexity index is 489. The van der Waals surface area contributed by atoms with Crippen molar-refractivity contribution in [2.45, 2.75) is 26.2 Å². The molecule has 0 spiro atoms. The number of methoxy groups -OCH3 is 1. The maximum atomic E-state index is 11.2. The molecule has 0 aliphatic heterocycles. The van der Waals surface area contributed by atoms with Gasteiger partial charge in [-0.15, -0.1) is 0 Å². The average Bonchev–Trinajstić information content (AvgIpc) is 2.46. The van der Waals surface area contributed by atoms with Crippen molar-refractivity contribution in [3.05, 3.63) is 23.8 Å². The highest BCUT2D eigenvalue weighted by Gasteiger charge is 2.06. The number of hydrogen-bond acceptors (Lipinski definition) is 5. The van der Waals surface area contributed by atoms with Crippen LogP contribution in [0.1, 0.15) is 25.3 Å². The lowest BCUT2D eigenvalue weighted by Gasteiger charge is -2.08. The molecule has 5 nitrogen and oxygen atoms in total. The summed E-state index contributed by atoms with van der Waals surface area (Å²) in [6.07, 6.45) is 4.58. The SMILES string of the molecule is CCCCc1ccc(N=C(NC(=O)OC)SC)c(N)c1. The lowest BCUT2D eigenvalue weighted by atomic mass is 10.1. The first-order valence-corrected chi connectivity index (χ1v) is 7.69. The van der Waals surface area contributed by atoms with Crippen LogP contribution in [-0.2, 0) is 11.2 Å². The quantitative estimate of drug-likeness (QED) is 0.507. The van der Waals surface area contributed by atoms with Crippen molar-refractivity contribution < 1.29 is 9.53 Å². The van der Waals surface area contributed by atoms with Gasteiger partial charge in [0.05, 0.1) is 18.5 Å². The number of nitrogens with zero attached hydrogens (tertiary/aromatic N) is 1. The van der Waals surface area contributed by atoms with Crippen molar-refractivity contribution in [3.63, 3.8) is 0 Å². The molecular weight excluding hydrogens is 274 g/mol. The van der Waals surface area contributed by atoms with Gasteiger partial charge in [-0.05, 0) is 36.8 Å². The lowest BCUT2D eigenvalue weighted by Crippen LogP contribution is -2.27. The van der Waals surface area contributed by atoms with Crippen LogP contribution in [0.15, 0.2) is 23.2 Å². The summed E-state index contributed by atoms with van der Waals surface area (Å²) in [6, 6.07) is 5.82. The average molecular weight is 295 g/mol. The second-order valence-corrected chi connectivity index (χ2v) is 5.03. The molecule has 0 bridgehead atoms.